The van der Waals surface area contributed by atoms with E-state index in [0.29, 0.717) is 16.7 Å². The van der Waals surface area contributed by atoms with E-state index in [0.717, 1.165) is 49.7 Å². The van der Waals surface area contributed by atoms with Crippen LogP contribution in [0.5, 0.6) is 0 Å². The highest BCUT2D eigenvalue weighted by Crippen LogP contribution is 2.25. The van der Waals surface area contributed by atoms with Crippen LogP contribution in [0.15, 0.2) is 35.6 Å². The van der Waals surface area contributed by atoms with Gasteiger partial charge < -0.3 is 14.6 Å². The molecule has 1 aliphatic heterocycles. The lowest BCUT2D eigenvalue weighted by Gasteiger charge is -2.26. The van der Waals surface area contributed by atoms with E-state index < -0.39 is 0 Å². The van der Waals surface area contributed by atoms with Crippen molar-refractivity contribution in [1.82, 2.24) is 24.4 Å². The molecule has 1 saturated heterocycles. The van der Waals surface area contributed by atoms with Gasteiger partial charge in [-0.15, -0.1) is 0 Å². The molecule has 152 valence electrons. The number of morpholine rings is 1. The lowest BCUT2D eigenvalue weighted by atomic mass is 10.1. The Bertz CT molecular complexity index is 1070. The summed E-state index contributed by atoms with van der Waals surface area (Å²) in [6, 6.07) is 4.10. The number of fused-ring (bicyclic) bond motifs is 1. The number of pyridine rings is 2. The quantitative estimate of drug-likeness (QED) is 0.709. The molecule has 29 heavy (non-hydrogen) atoms. The molecule has 0 saturated carbocycles. The summed E-state index contributed by atoms with van der Waals surface area (Å²) in [5.41, 5.74) is 3.29. The largest absolute Gasteiger partial charge is 0.379 e. The van der Waals surface area contributed by atoms with Crippen LogP contribution in [0.1, 0.15) is 19.4 Å². The van der Waals surface area contributed by atoms with E-state index in [4.69, 9.17) is 9.72 Å². The molecule has 1 fully saturated rings. The second kappa shape index (κ2) is 8.26. The Kier molecular flexibility index (Phi) is 5.55. The van der Waals surface area contributed by atoms with Crippen molar-refractivity contribution in [3.63, 3.8) is 0 Å². The first-order chi connectivity index (χ1) is 14.0. The number of rotatable bonds is 5. The van der Waals surface area contributed by atoms with Crippen LogP contribution in [0, 0.1) is 0 Å². The summed E-state index contributed by atoms with van der Waals surface area (Å²) in [6.07, 6.45) is 5.24. The fourth-order valence-electron chi connectivity index (χ4n) is 3.48. The first-order valence-electron chi connectivity index (χ1n) is 9.88. The third-order valence-electron chi connectivity index (χ3n) is 4.93. The van der Waals surface area contributed by atoms with Gasteiger partial charge in [-0.3, -0.25) is 14.7 Å². The predicted octanol–water partition coefficient (Wildman–Crippen LogP) is 2.04. The highest BCUT2D eigenvalue weighted by molar-refractivity contribution is 5.91. The Balaban J connectivity index is 1.74. The summed E-state index contributed by atoms with van der Waals surface area (Å²) in [4.78, 5) is 28.7. The van der Waals surface area contributed by atoms with Crippen molar-refractivity contribution in [1.29, 1.82) is 0 Å². The van der Waals surface area contributed by atoms with Crippen molar-refractivity contribution in [2.45, 2.75) is 26.4 Å². The third kappa shape index (κ3) is 4.28. The molecule has 4 rings (SSSR count). The van der Waals surface area contributed by atoms with Crippen molar-refractivity contribution >= 4 is 16.7 Å². The van der Waals surface area contributed by atoms with E-state index in [1.54, 1.807) is 19.6 Å². The molecule has 0 atom stereocenters. The Labute approximate surface area is 169 Å². The van der Waals surface area contributed by atoms with Gasteiger partial charge in [0.2, 0.25) is 0 Å². The molecule has 0 aromatic carbocycles. The maximum Gasteiger partial charge on any atom is 0.264 e. The number of hydrogen-bond donors (Lipinski definition) is 1. The van der Waals surface area contributed by atoms with Crippen LogP contribution in [-0.2, 0) is 18.3 Å². The molecular weight excluding hydrogens is 368 g/mol. The van der Waals surface area contributed by atoms with Gasteiger partial charge in [-0.2, -0.15) is 0 Å². The van der Waals surface area contributed by atoms with Crippen molar-refractivity contribution < 1.29 is 4.74 Å². The van der Waals surface area contributed by atoms with E-state index in [9.17, 15) is 4.79 Å². The van der Waals surface area contributed by atoms with E-state index in [2.05, 4.69) is 26.3 Å². The monoisotopic (exact) mass is 394 g/mol. The fraction of sp³-hybridized carbons (Fsp3) is 0.429. The summed E-state index contributed by atoms with van der Waals surface area (Å²) < 4.78 is 6.90. The maximum absolute atomic E-state index is 12.7. The SMILES string of the molecule is CC(C)Nc1nc(-c2cncc(CN3CCOCC3)c2)cc2ncn(C)c(=O)c12. The predicted molar refractivity (Wildman–Crippen MR) is 113 cm³/mol. The van der Waals surface area contributed by atoms with Crippen molar-refractivity contribution in [3.8, 4) is 11.3 Å². The molecule has 0 bridgehead atoms. The Morgan fingerprint density at radius 2 is 2.00 bits per heavy atom. The second-order valence-corrected chi connectivity index (χ2v) is 7.68. The molecular formula is C21H26N6O2. The molecule has 3 aromatic rings. The Morgan fingerprint density at radius 1 is 1.21 bits per heavy atom. The number of ether oxygens (including phenoxy) is 1. The minimum Gasteiger partial charge on any atom is -0.379 e. The second-order valence-electron chi connectivity index (χ2n) is 7.68. The Hall–Kier alpha value is -2.84. The van der Waals surface area contributed by atoms with E-state index in [1.807, 2.05) is 26.1 Å². The van der Waals surface area contributed by atoms with Gasteiger partial charge in [-0.1, -0.05) is 0 Å². The van der Waals surface area contributed by atoms with E-state index in [1.165, 1.54) is 4.57 Å². The van der Waals surface area contributed by atoms with Crippen LogP contribution < -0.4 is 10.9 Å². The lowest BCUT2D eigenvalue weighted by Crippen LogP contribution is -2.35. The molecule has 0 amide bonds. The van der Waals surface area contributed by atoms with Gasteiger partial charge >= 0.3 is 0 Å². The summed E-state index contributed by atoms with van der Waals surface area (Å²) in [5, 5.41) is 3.80. The number of aromatic nitrogens is 4. The molecule has 0 unspecified atom stereocenters. The normalized spacial score (nSPS) is 15.2. The van der Waals surface area contributed by atoms with E-state index in [-0.39, 0.29) is 11.6 Å². The maximum atomic E-state index is 12.7. The minimum absolute atomic E-state index is 0.114. The smallest absolute Gasteiger partial charge is 0.264 e. The van der Waals surface area contributed by atoms with Crippen LogP contribution in [0.2, 0.25) is 0 Å². The van der Waals surface area contributed by atoms with Crippen LogP contribution in [0.3, 0.4) is 0 Å². The number of hydrogen-bond acceptors (Lipinski definition) is 7. The lowest BCUT2D eigenvalue weighted by molar-refractivity contribution is 0.0341. The zero-order valence-corrected chi connectivity index (χ0v) is 17.1. The van der Waals surface area contributed by atoms with E-state index >= 15 is 0 Å². The van der Waals surface area contributed by atoms with Gasteiger partial charge in [0.05, 0.1) is 30.8 Å². The molecule has 8 nitrogen and oxygen atoms in total. The van der Waals surface area contributed by atoms with Crippen molar-refractivity contribution in [3.05, 3.63) is 46.8 Å². The van der Waals surface area contributed by atoms with Gasteiger partial charge in [0.25, 0.3) is 5.56 Å². The summed E-state index contributed by atoms with van der Waals surface area (Å²) in [5.74, 6) is 0.555. The van der Waals surface area contributed by atoms with Gasteiger partial charge in [0.15, 0.2) is 0 Å². The number of nitrogens with zero attached hydrogens (tertiary/aromatic N) is 5. The van der Waals surface area contributed by atoms with Gasteiger partial charge in [-0.05, 0) is 31.5 Å². The molecule has 0 aliphatic carbocycles. The molecule has 1 N–H and O–H groups in total. The fourth-order valence-corrected chi connectivity index (χ4v) is 3.48. The number of aryl methyl sites for hydroxylation is 1. The summed E-state index contributed by atoms with van der Waals surface area (Å²) in [7, 11) is 1.70. The standard InChI is InChI=1S/C21H26N6O2/c1-14(2)24-20-19-18(23-13-26(3)21(19)28)9-17(25-20)16-8-15(10-22-11-16)12-27-4-6-29-7-5-27/h8-11,13-14H,4-7,12H2,1-3H3,(H,24,25). The molecule has 0 radical (unpaired) electrons. The van der Waals surface area contributed by atoms with Gasteiger partial charge in [0, 0.05) is 50.7 Å². The molecule has 1 aliphatic rings. The first kappa shape index (κ1) is 19.5. The topological polar surface area (TPSA) is 85.2 Å². The molecule has 3 aromatic heterocycles. The highest BCUT2D eigenvalue weighted by Gasteiger charge is 2.15. The highest BCUT2D eigenvalue weighted by atomic mass is 16.5. The first-order valence-corrected chi connectivity index (χ1v) is 9.88. The van der Waals surface area contributed by atoms with Crippen LogP contribution in [0.25, 0.3) is 22.2 Å². The summed E-state index contributed by atoms with van der Waals surface area (Å²) >= 11 is 0. The van der Waals surface area contributed by atoms with Crippen LogP contribution in [0.4, 0.5) is 5.82 Å². The number of anilines is 1. The average molecular weight is 394 g/mol. The molecule has 8 heteroatoms. The number of nitrogens with one attached hydrogen (secondary N) is 1. The third-order valence-corrected chi connectivity index (χ3v) is 4.93. The zero-order valence-electron chi connectivity index (χ0n) is 17.1. The van der Waals surface area contributed by atoms with Crippen LogP contribution in [-0.4, -0.2) is 56.8 Å². The zero-order chi connectivity index (χ0) is 20.4. The van der Waals surface area contributed by atoms with Gasteiger partial charge in [0.1, 0.15) is 11.2 Å². The van der Waals surface area contributed by atoms with Crippen LogP contribution >= 0.6 is 0 Å². The van der Waals surface area contributed by atoms with Crippen molar-refractivity contribution in [2.75, 3.05) is 31.6 Å². The molecule has 4 heterocycles. The summed E-state index contributed by atoms with van der Waals surface area (Å²) in [6.45, 7) is 8.25. The minimum atomic E-state index is -0.114. The van der Waals surface area contributed by atoms with Crippen molar-refractivity contribution in [2.24, 2.45) is 7.05 Å². The molecule has 0 spiro atoms. The Morgan fingerprint density at radius 3 is 2.76 bits per heavy atom. The van der Waals surface area contributed by atoms with Gasteiger partial charge in [-0.25, -0.2) is 9.97 Å². The average Bonchev–Trinajstić information content (AvgIpc) is 2.71.